The van der Waals surface area contributed by atoms with Crippen molar-refractivity contribution in [3.05, 3.63) is 49.3 Å². The summed E-state index contributed by atoms with van der Waals surface area (Å²) < 4.78 is 2.12. The summed E-state index contributed by atoms with van der Waals surface area (Å²) in [4.78, 5) is 28.9. The van der Waals surface area contributed by atoms with E-state index in [1.54, 1.807) is 17.7 Å². The van der Waals surface area contributed by atoms with Gasteiger partial charge in [0.05, 0.1) is 0 Å². The zero-order chi connectivity index (χ0) is 14.6. The molecule has 1 aromatic rings. The third kappa shape index (κ3) is 1.52. The van der Waals surface area contributed by atoms with Gasteiger partial charge in [0, 0.05) is 13.1 Å². The molecular formula is C13H12N4O3. The summed E-state index contributed by atoms with van der Waals surface area (Å²) in [6.45, 7) is 3.82. The quantitative estimate of drug-likeness (QED) is 0.353. The second kappa shape index (κ2) is 3.89. The first kappa shape index (κ1) is 12.3. The van der Waals surface area contributed by atoms with Crippen LogP contribution in [-0.4, -0.2) is 14.5 Å². The highest BCUT2D eigenvalue weighted by Gasteiger charge is 2.26. The molecule has 0 atom stereocenters. The molecule has 1 aromatic carbocycles. The molecule has 20 heavy (non-hydrogen) atoms. The number of benzene rings is 1. The molecule has 0 radical (unpaired) electrons. The van der Waals surface area contributed by atoms with Gasteiger partial charge < -0.3 is 9.77 Å². The molecule has 2 aliphatic heterocycles. The Kier molecular flexibility index (Phi) is 2.40. The van der Waals surface area contributed by atoms with Gasteiger partial charge in [-0.15, -0.1) is 0 Å². The van der Waals surface area contributed by atoms with Crippen molar-refractivity contribution in [3.63, 3.8) is 0 Å². The number of hydrogen-bond donors (Lipinski definition) is 1. The minimum Gasteiger partial charge on any atom is -0.618 e. The molecule has 3 rings (SSSR count). The normalized spacial score (nSPS) is 11.3. The van der Waals surface area contributed by atoms with Gasteiger partial charge in [0.15, 0.2) is 0 Å². The lowest BCUT2D eigenvalue weighted by Gasteiger charge is -2.14. The Morgan fingerprint density at radius 1 is 1.25 bits per heavy atom. The van der Waals surface area contributed by atoms with E-state index in [1.807, 2.05) is 24.9 Å². The topological polar surface area (TPSA) is 94.7 Å². The summed E-state index contributed by atoms with van der Waals surface area (Å²) in [5.74, 6) is 0.0736. The summed E-state index contributed by atoms with van der Waals surface area (Å²) in [6, 6.07) is 3.56. The van der Waals surface area contributed by atoms with Crippen LogP contribution in [0, 0.1) is 19.1 Å². The Labute approximate surface area is 113 Å². The monoisotopic (exact) mass is 272 g/mol. The minimum atomic E-state index is -0.763. The molecule has 0 aliphatic carbocycles. The Hall–Kier alpha value is -2.70. The predicted octanol–water partition coefficient (Wildman–Crippen LogP) is -0.0232. The van der Waals surface area contributed by atoms with Crippen LogP contribution < -0.4 is 16.0 Å². The highest BCUT2D eigenvalue weighted by molar-refractivity contribution is 5.77. The molecule has 2 aliphatic rings. The molecule has 0 saturated heterocycles. The second-order valence-electron chi connectivity index (χ2n) is 4.82. The van der Waals surface area contributed by atoms with E-state index in [0.29, 0.717) is 15.8 Å². The summed E-state index contributed by atoms with van der Waals surface area (Å²) in [5, 5.41) is 12.4. The first-order valence-corrected chi connectivity index (χ1v) is 6.03. The lowest BCUT2D eigenvalue weighted by molar-refractivity contribution is -0.566. The highest BCUT2D eigenvalue weighted by atomic mass is 16.5. The van der Waals surface area contributed by atoms with Gasteiger partial charge in [0.2, 0.25) is 11.3 Å². The van der Waals surface area contributed by atoms with Gasteiger partial charge in [-0.3, -0.25) is 9.78 Å². The van der Waals surface area contributed by atoms with Crippen LogP contribution in [0.4, 0.5) is 0 Å². The summed E-state index contributed by atoms with van der Waals surface area (Å²) >= 11 is 0. The SMILES string of the molecule is Cc1cc2c(cc1C)[n+]([O-])c1c(=O)[nH]c(=O)nc-1n2C. The fourth-order valence-corrected chi connectivity index (χ4v) is 2.30. The van der Waals surface area contributed by atoms with E-state index in [1.165, 1.54) is 0 Å². The smallest absolute Gasteiger partial charge is 0.350 e. The Bertz CT molecular complexity index is 939. The van der Waals surface area contributed by atoms with Crippen molar-refractivity contribution in [2.45, 2.75) is 13.8 Å². The lowest BCUT2D eigenvalue weighted by atomic mass is 10.1. The first-order chi connectivity index (χ1) is 9.40. The maximum absolute atomic E-state index is 12.4. The van der Waals surface area contributed by atoms with E-state index in [9.17, 15) is 14.8 Å². The van der Waals surface area contributed by atoms with Crippen LogP contribution in [0.25, 0.3) is 22.6 Å². The number of H-pyrrole nitrogens is 1. The number of aryl methyl sites for hydroxylation is 3. The van der Waals surface area contributed by atoms with E-state index in [2.05, 4.69) is 4.98 Å². The molecule has 0 spiro atoms. The molecule has 1 N–H and O–H groups in total. The van der Waals surface area contributed by atoms with Crippen molar-refractivity contribution in [2.75, 3.05) is 0 Å². The molecule has 0 fully saturated rings. The van der Waals surface area contributed by atoms with Crippen molar-refractivity contribution in [3.8, 4) is 11.5 Å². The first-order valence-electron chi connectivity index (χ1n) is 6.03. The largest absolute Gasteiger partial charge is 0.618 e. The molecule has 0 aromatic heterocycles. The third-order valence-electron chi connectivity index (χ3n) is 3.55. The third-order valence-corrected chi connectivity index (χ3v) is 3.55. The number of fused-ring (bicyclic) bond motifs is 2. The summed E-state index contributed by atoms with van der Waals surface area (Å²) in [5.41, 5.74) is 1.29. The maximum Gasteiger partial charge on any atom is 0.350 e. The van der Waals surface area contributed by atoms with Gasteiger partial charge in [-0.1, -0.05) is 0 Å². The fraction of sp³-hybridized carbons (Fsp3) is 0.231. The molecular weight excluding hydrogens is 260 g/mol. The lowest BCUT2D eigenvalue weighted by Crippen LogP contribution is -2.42. The van der Waals surface area contributed by atoms with Crippen LogP contribution in [0.3, 0.4) is 0 Å². The van der Waals surface area contributed by atoms with Gasteiger partial charge >= 0.3 is 16.9 Å². The van der Waals surface area contributed by atoms with Gasteiger partial charge in [-0.2, -0.15) is 9.71 Å². The van der Waals surface area contributed by atoms with Crippen LogP contribution >= 0.6 is 0 Å². The highest BCUT2D eigenvalue weighted by Crippen LogP contribution is 2.20. The second-order valence-corrected chi connectivity index (χ2v) is 4.82. The zero-order valence-corrected chi connectivity index (χ0v) is 11.2. The average Bonchev–Trinajstić information content (AvgIpc) is 2.37. The number of aromatic nitrogens is 4. The molecule has 0 amide bonds. The summed E-state index contributed by atoms with van der Waals surface area (Å²) in [6.07, 6.45) is 0. The van der Waals surface area contributed by atoms with Crippen molar-refractivity contribution < 1.29 is 4.73 Å². The van der Waals surface area contributed by atoms with E-state index in [4.69, 9.17) is 0 Å². The Balaban J connectivity index is 2.68. The molecule has 7 heteroatoms. The Morgan fingerprint density at radius 3 is 2.60 bits per heavy atom. The van der Waals surface area contributed by atoms with Gasteiger partial charge in [0.25, 0.3) is 0 Å². The van der Waals surface area contributed by atoms with E-state index >= 15 is 0 Å². The zero-order valence-electron chi connectivity index (χ0n) is 11.2. The van der Waals surface area contributed by atoms with E-state index in [-0.39, 0.29) is 11.5 Å². The number of hydrogen-bond acceptors (Lipinski definition) is 4. The van der Waals surface area contributed by atoms with Gasteiger partial charge in [-0.05, 0) is 31.0 Å². The molecule has 0 bridgehead atoms. The van der Waals surface area contributed by atoms with Crippen LogP contribution in [0.15, 0.2) is 21.7 Å². The van der Waals surface area contributed by atoms with Crippen LogP contribution in [0.2, 0.25) is 0 Å². The average molecular weight is 272 g/mol. The maximum atomic E-state index is 12.4. The molecule has 102 valence electrons. The molecule has 0 unspecified atom stereocenters. The van der Waals surface area contributed by atoms with E-state index in [0.717, 1.165) is 11.1 Å². The van der Waals surface area contributed by atoms with Crippen LogP contribution in [-0.2, 0) is 7.05 Å². The van der Waals surface area contributed by atoms with Gasteiger partial charge in [-0.25, -0.2) is 4.79 Å². The predicted molar refractivity (Wildman–Crippen MR) is 72.7 cm³/mol. The number of nitrogens with one attached hydrogen (secondary N) is 1. The minimum absolute atomic E-state index is 0.0736. The van der Waals surface area contributed by atoms with Crippen molar-refractivity contribution in [1.29, 1.82) is 0 Å². The molecule has 0 saturated carbocycles. The van der Waals surface area contributed by atoms with Crippen LogP contribution in [0.5, 0.6) is 0 Å². The van der Waals surface area contributed by atoms with Crippen molar-refractivity contribution >= 4 is 11.0 Å². The number of rotatable bonds is 0. The standard InChI is InChI=1S/C13H12N4O3/c1-6-4-8-9(5-7(6)2)17(20)10-11(16(8)3)14-13(19)15-12(10)18/h4-5H,1-3H3,(H,15,18,19). The number of aromatic amines is 1. The van der Waals surface area contributed by atoms with Crippen molar-refractivity contribution in [2.24, 2.45) is 7.05 Å². The van der Waals surface area contributed by atoms with Crippen molar-refractivity contribution in [1.82, 2.24) is 14.5 Å². The van der Waals surface area contributed by atoms with E-state index < -0.39 is 11.2 Å². The van der Waals surface area contributed by atoms with Gasteiger partial charge in [0.1, 0.15) is 5.52 Å². The Morgan fingerprint density at radius 2 is 1.90 bits per heavy atom. The molecule has 2 heterocycles. The number of nitrogens with zero attached hydrogens (tertiary/aromatic N) is 3. The molecule has 7 nitrogen and oxygen atoms in total. The van der Waals surface area contributed by atoms with Crippen LogP contribution in [0.1, 0.15) is 11.1 Å². The fourth-order valence-electron chi connectivity index (χ4n) is 2.30. The summed E-state index contributed by atoms with van der Waals surface area (Å²) in [7, 11) is 1.67.